The first-order valence-electron chi connectivity index (χ1n) is 6.43. The number of rotatable bonds is 2. The van der Waals surface area contributed by atoms with Crippen LogP contribution in [-0.2, 0) is 0 Å². The third-order valence-electron chi connectivity index (χ3n) is 2.54. The van der Waals surface area contributed by atoms with Crippen molar-refractivity contribution in [1.29, 1.82) is 0 Å². The Labute approximate surface area is 119 Å². The van der Waals surface area contributed by atoms with E-state index in [1.165, 1.54) is 17.5 Å². The molecule has 3 aromatic rings. The maximum absolute atomic E-state index is 3.67. The maximum Gasteiger partial charge on any atom is 0.115 e. The SMILES string of the molecule is C(=Cc1ccccc1)c1ccccc1.c1cncnc1. The first kappa shape index (κ1) is 13.7. The minimum atomic E-state index is 1.23. The van der Waals surface area contributed by atoms with Crippen LogP contribution < -0.4 is 0 Å². The molecule has 2 aromatic carbocycles. The third-order valence-corrected chi connectivity index (χ3v) is 2.54. The topological polar surface area (TPSA) is 25.8 Å². The fourth-order valence-electron chi connectivity index (χ4n) is 1.57. The van der Waals surface area contributed by atoms with Crippen LogP contribution in [0.25, 0.3) is 12.2 Å². The molecule has 0 N–H and O–H groups in total. The second-order valence-corrected chi connectivity index (χ2v) is 4.06. The zero-order valence-electron chi connectivity index (χ0n) is 11.1. The summed E-state index contributed by atoms with van der Waals surface area (Å²) in [5.41, 5.74) is 2.47. The number of aromatic nitrogens is 2. The van der Waals surface area contributed by atoms with Crippen LogP contribution in [0.5, 0.6) is 0 Å². The van der Waals surface area contributed by atoms with E-state index >= 15 is 0 Å². The molecule has 0 amide bonds. The van der Waals surface area contributed by atoms with Gasteiger partial charge in [-0.05, 0) is 17.2 Å². The molecule has 0 saturated heterocycles. The van der Waals surface area contributed by atoms with Crippen LogP contribution in [0.2, 0.25) is 0 Å². The van der Waals surface area contributed by atoms with E-state index in [0.29, 0.717) is 0 Å². The number of nitrogens with zero attached hydrogens (tertiary/aromatic N) is 2. The summed E-state index contributed by atoms with van der Waals surface area (Å²) in [6, 6.07) is 22.4. The fourth-order valence-corrected chi connectivity index (χ4v) is 1.57. The van der Waals surface area contributed by atoms with Crippen LogP contribution in [0, 0.1) is 0 Å². The quantitative estimate of drug-likeness (QED) is 0.641. The van der Waals surface area contributed by atoms with Gasteiger partial charge >= 0.3 is 0 Å². The lowest BCUT2D eigenvalue weighted by molar-refractivity contribution is 1.17. The lowest BCUT2D eigenvalue weighted by Crippen LogP contribution is -1.70. The summed E-state index contributed by atoms with van der Waals surface area (Å²) in [5.74, 6) is 0. The Morgan fingerprint density at radius 1 is 0.550 bits per heavy atom. The standard InChI is InChI=1S/C14H12.C4H4N2/c1-3-7-13(8-4-1)11-12-14-9-5-2-6-10-14;1-2-5-4-6-3-1/h1-12H;1-4H. The van der Waals surface area contributed by atoms with Crippen molar-refractivity contribution in [3.05, 3.63) is 96.6 Å². The molecule has 3 rings (SSSR count). The van der Waals surface area contributed by atoms with Gasteiger partial charge in [0, 0.05) is 12.4 Å². The minimum absolute atomic E-state index is 1.23. The first-order valence-corrected chi connectivity index (χ1v) is 6.43. The molecule has 1 heterocycles. The van der Waals surface area contributed by atoms with Gasteiger partial charge in [-0.1, -0.05) is 72.8 Å². The molecular weight excluding hydrogens is 244 g/mol. The Bertz CT molecular complexity index is 537. The molecule has 0 aliphatic rings. The summed E-state index contributed by atoms with van der Waals surface area (Å²) in [4.78, 5) is 7.35. The second kappa shape index (κ2) is 8.38. The van der Waals surface area contributed by atoms with Gasteiger partial charge in [-0.15, -0.1) is 0 Å². The zero-order valence-corrected chi connectivity index (χ0v) is 11.1. The van der Waals surface area contributed by atoms with Gasteiger partial charge in [-0.25, -0.2) is 9.97 Å². The normalized spacial score (nSPS) is 9.80. The van der Waals surface area contributed by atoms with Crippen LogP contribution in [0.1, 0.15) is 11.1 Å². The molecule has 0 atom stereocenters. The van der Waals surface area contributed by atoms with Crippen molar-refractivity contribution in [3.8, 4) is 0 Å². The molecule has 0 bridgehead atoms. The summed E-state index contributed by atoms with van der Waals surface area (Å²) >= 11 is 0. The molecule has 20 heavy (non-hydrogen) atoms. The molecule has 0 saturated carbocycles. The number of hydrogen-bond donors (Lipinski definition) is 0. The van der Waals surface area contributed by atoms with E-state index in [1.807, 2.05) is 36.4 Å². The number of benzene rings is 2. The molecule has 0 aliphatic carbocycles. The summed E-state index contributed by atoms with van der Waals surface area (Å²) in [7, 11) is 0. The van der Waals surface area contributed by atoms with Crippen LogP contribution in [0.4, 0.5) is 0 Å². The van der Waals surface area contributed by atoms with Gasteiger partial charge in [0.05, 0.1) is 0 Å². The van der Waals surface area contributed by atoms with Crippen molar-refractivity contribution < 1.29 is 0 Å². The zero-order chi connectivity index (χ0) is 13.9. The van der Waals surface area contributed by atoms with Crippen molar-refractivity contribution in [2.75, 3.05) is 0 Å². The van der Waals surface area contributed by atoms with Crippen LogP contribution >= 0.6 is 0 Å². The molecule has 2 nitrogen and oxygen atoms in total. The lowest BCUT2D eigenvalue weighted by Gasteiger charge is -1.92. The van der Waals surface area contributed by atoms with Crippen LogP contribution in [0.3, 0.4) is 0 Å². The maximum atomic E-state index is 3.67. The molecule has 98 valence electrons. The highest BCUT2D eigenvalue weighted by molar-refractivity contribution is 5.69. The third kappa shape index (κ3) is 5.27. The van der Waals surface area contributed by atoms with E-state index in [-0.39, 0.29) is 0 Å². The average molecular weight is 260 g/mol. The van der Waals surface area contributed by atoms with Gasteiger partial charge < -0.3 is 0 Å². The molecular formula is C18H16N2. The lowest BCUT2D eigenvalue weighted by atomic mass is 10.1. The highest BCUT2D eigenvalue weighted by Crippen LogP contribution is 2.06. The molecule has 0 fully saturated rings. The Morgan fingerprint density at radius 2 is 1.00 bits per heavy atom. The van der Waals surface area contributed by atoms with Crippen molar-refractivity contribution in [3.63, 3.8) is 0 Å². The van der Waals surface area contributed by atoms with Crippen LogP contribution in [-0.4, -0.2) is 9.97 Å². The molecule has 2 heteroatoms. The highest BCUT2D eigenvalue weighted by atomic mass is 14.8. The van der Waals surface area contributed by atoms with E-state index < -0.39 is 0 Å². The summed E-state index contributed by atoms with van der Waals surface area (Å²) in [6.07, 6.45) is 9.12. The molecule has 0 radical (unpaired) electrons. The molecule has 0 unspecified atom stereocenters. The smallest absolute Gasteiger partial charge is 0.115 e. The average Bonchev–Trinajstić information content (AvgIpc) is 2.57. The Kier molecular flexibility index (Phi) is 5.73. The molecule has 1 aromatic heterocycles. The van der Waals surface area contributed by atoms with E-state index in [9.17, 15) is 0 Å². The Balaban J connectivity index is 0.000000205. The van der Waals surface area contributed by atoms with Gasteiger partial charge in [0.1, 0.15) is 6.33 Å². The minimum Gasteiger partial charge on any atom is -0.245 e. The van der Waals surface area contributed by atoms with Gasteiger partial charge in [0.25, 0.3) is 0 Å². The monoisotopic (exact) mass is 260 g/mol. The van der Waals surface area contributed by atoms with Crippen molar-refractivity contribution in [1.82, 2.24) is 9.97 Å². The predicted molar refractivity (Wildman–Crippen MR) is 83.8 cm³/mol. The summed E-state index contributed by atoms with van der Waals surface area (Å²) in [6.45, 7) is 0. The second-order valence-electron chi connectivity index (χ2n) is 4.06. The molecule has 0 aliphatic heterocycles. The summed E-state index contributed by atoms with van der Waals surface area (Å²) < 4.78 is 0. The predicted octanol–water partition coefficient (Wildman–Crippen LogP) is 4.33. The Hall–Kier alpha value is -2.74. The largest absolute Gasteiger partial charge is 0.245 e. The highest BCUT2D eigenvalue weighted by Gasteiger charge is 1.84. The summed E-state index contributed by atoms with van der Waals surface area (Å²) in [5, 5.41) is 0. The van der Waals surface area contributed by atoms with Crippen molar-refractivity contribution in [2.45, 2.75) is 0 Å². The van der Waals surface area contributed by atoms with Gasteiger partial charge in [0.2, 0.25) is 0 Å². The van der Waals surface area contributed by atoms with E-state index in [0.717, 1.165) is 0 Å². The first-order chi connectivity index (χ1) is 9.95. The fraction of sp³-hybridized carbons (Fsp3) is 0. The van der Waals surface area contributed by atoms with E-state index in [2.05, 4.69) is 46.4 Å². The van der Waals surface area contributed by atoms with Crippen molar-refractivity contribution >= 4 is 12.2 Å². The van der Waals surface area contributed by atoms with Gasteiger partial charge in [0.15, 0.2) is 0 Å². The van der Waals surface area contributed by atoms with Crippen molar-refractivity contribution in [2.24, 2.45) is 0 Å². The van der Waals surface area contributed by atoms with Gasteiger partial charge in [-0.3, -0.25) is 0 Å². The van der Waals surface area contributed by atoms with Crippen LogP contribution in [0.15, 0.2) is 85.5 Å². The number of hydrogen-bond acceptors (Lipinski definition) is 2. The van der Waals surface area contributed by atoms with E-state index in [1.54, 1.807) is 18.5 Å². The van der Waals surface area contributed by atoms with E-state index in [4.69, 9.17) is 0 Å². The molecule has 0 spiro atoms. The van der Waals surface area contributed by atoms with Gasteiger partial charge in [-0.2, -0.15) is 0 Å². The Morgan fingerprint density at radius 3 is 1.30 bits per heavy atom.